The number of ether oxygens (including phenoxy) is 1. The molecular formula is C12H21N5O. The Balaban J connectivity index is 1.72. The van der Waals surface area contributed by atoms with Gasteiger partial charge in [-0.15, -0.1) is 5.10 Å². The maximum atomic E-state index is 5.58. The van der Waals surface area contributed by atoms with E-state index in [0.29, 0.717) is 12.0 Å². The molecule has 2 fully saturated rings. The molecule has 2 saturated heterocycles. The molecule has 100 valence electrons. The van der Waals surface area contributed by atoms with E-state index in [4.69, 9.17) is 4.74 Å². The summed E-state index contributed by atoms with van der Waals surface area (Å²) in [4.78, 5) is 6.89. The average molecular weight is 251 g/mol. The number of anilines is 1. The van der Waals surface area contributed by atoms with Crippen LogP contribution in [0.25, 0.3) is 0 Å². The van der Waals surface area contributed by atoms with Crippen molar-refractivity contribution >= 4 is 5.95 Å². The molecular weight excluding hydrogens is 230 g/mol. The van der Waals surface area contributed by atoms with Gasteiger partial charge in [0.25, 0.3) is 0 Å². The summed E-state index contributed by atoms with van der Waals surface area (Å²) in [5, 5.41) is 10.9. The van der Waals surface area contributed by atoms with Crippen molar-refractivity contribution in [2.45, 2.75) is 38.3 Å². The number of piperazine rings is 1. The average Bonchev–Trinajstić information content (AvgIpc) is 2.97. The van der Waals surface area contributed by atoms with Crippen LogP contribution in [0.3, 0.4) is 0 Å². The van der Waals surface area contributed by atoms with E-state index in [0.717, 1.165) is 44.4 Å². The predicted molar refractivity (Wildman–Crippen MR) is 68.8 cm³/mol. The minimum atomic E-state index is 0.243. The molecule has 2 N–H and O–H groups in total. The van der Waals surface area contributed by atoms with E-state index in [1.165, 1.54) is 0 Å². The van der Waals surface area contributed by atoms with E-state index < -0.39 is 0 Å². The molecule has 1 aromatic heterocycles. The fraction of sp³-hybridized carbons (Fsp3) is 0.833. The van der Waals surface area contributed by atoms with E-state index in [9.17, 15) is 0 Å². The number of aromatic nitrogens is 3. The van der Waals surface area contributed by atoms with Gasteiger partial charge < -0.3 is 15.0 Å². The Morgan fingerprint density at radius 1 is 1.39 bits per heavy atom. The van der Waals surface area contributed by atoms with Crippen LogP contribution in [-0.4, -0.2) is 53.6 Å². The molecule has 0 aromatic carbocycles. The lowest BCUT2D eigenvalue weighted by Crippen LogP contribution is -2.49. The lowest BCUT2D eigenvalue weighted by Gasteiger charge is -2.30. The molecule has 3 rings (SSSR count). The van der Waals surface area contributed by atoms with Gasteiger partial charge in [0.2, 0.25) is 5.95 Å². The fourth-order valence-electron chi connectivity index (χ4n) is 2.78. The van der Waals surface area contributed by atoms with Gasteiger partial charge in [-0.2, -0.15) is 4.98 Å². The monoisotopic (exact) mass is 251 g/mol. The molecule has 3 atom stereocenters. The molecule has 3 heterocycles. The van der Waals surface area contributed by atoms with Crippen LogP contribution in [-0.2, 0) is 4.74 Å². The Morgan fingerprint density at radius 2 is 2.28 bits per heavy atom. The zero-order valence-corrected chi connectivity index (χ0v) is 11.0. The number of nitrogens with zero attached hydrogens (tertiary/aromatic N) is 3. The van der Waals surface area contributed by atoms with E-state index in [1.54, 1.807) is 0 Å². The van der Waals surface area contributed by atoms with Crippen molar-refractivity contribution in [3.8, 4) is 0 Å². The topological polar surface area (TPSA) is 66.1 Å². The minimum Gasteiger partial charge on any atom is -0.378 e. The summed E-state index contributed by atoms with van der Waals surface area (Å²) >= 11 is 0. The van der Waals surface area contributed by atoms with Gasteiger partial charge in [-0.1, -0.05) is 0 Å². The summed E-state index contributed by atoms with van der Waals surface area (Å²) in [6, 6.07) is 0.495. The van der Waals surface area contributed by atoms with Crippen molar-refractivity contribution in [2.24, 2.45) is 0 Å². The van der Waals surface area contributed by atoms with Crippen molar-refractivity contribution in [2.75, 3.05) is 31.1 Å². The van der Waals surface area contributed by atoms with Crippen molar-refractivity contribution in [1.82, 2.24) is 20.5 Å². The Bertz CT molecular complexity index is 407. The fourth-order valence-corrected chi connectivity index (χ4v) is 2.78. The first kappa shape index (κ1) is 11.9. The molecule has 6 nitrogen and oxygen atoms in total. The summed E-state index contributed by atoms with van der Waals surface area (Å²) in [6.07, 6.45) is 1.28. The van der Waals surface area contributed by atoms with E-state index in [1.807, 2.05) is 0 Å². The molecule has 0 aliphatic carbocycles. The second-order valence-corrected chi connectivity index (χ2v) is 5.29. The third-order valence-electron chi connectivity index (χ3n) is 3.87. The van der Waals surface area contributed by atoms with Gasteiger partial charge in [0.15, 0.2) is 0 Å². The number of hydrogen-bond donors (Lipinski definition) is 2. The van der Waals surface area contributed by atoms with Crippen LogP contribution in [0, 0.1) is 0 Å². The minimum absolute atomic E-state index is 0.243. The van der Waals surface area contributed by atoms with Gasteiger partial charge >= 0.3 is 0 Å². The van der Waals surface area contributed by atoms with Crippen LogP contribution < -0.4 is 10.2 Å². The number of rotatable bonds is 2. The Hall–Kier alpha value is -1.14. The summed E-state index contributed by atoms with van der Waals surface area (Å²) in [5.41, 5.74) is 0. The summed E-state index contributed by atoms with van der Waals surface area (Å²) in [6.45, 7) is 8.05. The molecule has 0 bridgehead atoms. The number of H-pyrrole nitrogens is 1. The summed E-state index contributed by atoms with van der Waals surface area (Å²) < 4.78 is 5.58. The van der Waals surface area contributed by atoms with Crippen molar-refractivity contribution < 1.29 is 4.74 Å². The van der Waals surface area contributed by atoms with E-state index in [2.05, 4.69) is 39.2 Å². The molecule has 0 amide bonds. The molecule has 0 spiro atoms. The normalized spacial score (nSPS) is 33.0. The van der Waals surface area contributed by atoms with Crippen LogP contribution >= 0.6 is 0 Å². The standard InChI is InChI=1S/C12H21N5O/c1-8-7-17(5-4-13-8)12-14-11(15-16-12)10-3-6-18-9(10)2/h8-10,13H,3-7H2,1-2H3,(H,14,15,16)/t8-,9?,10?/m1/s1. The summed E-state index contributed by atoms with van der Waals surface area (Å²) in [7, 11) is 0. The molecule has 0 radical (unpaired) electrons. The molecule has 6 heteroatoms. The second kappa shape index (κ2) is 4.85. The van der Waals surface area contributed by atoms with Crippen molar-refractivity contribution in [3.63, 3.8) is 0 Å². The Labute approximate surface area is 107 Å². The maximum absolute atomic E-state index is 5.58. The number of nitrogens with one attached hydrogen (secondary N) is 2. The highest BCUT2D eigenvalue weighted by Crippen LogP contribution is 2.29. The highest BCUT2D eigenvalue weighted by Gasteiger charge is 2.29. The quantitative estimate of drug-likeness (QED) is 0.801. The lowest BCUT2D eigenvalue weighted by molar-refractivity contribution is 0.117. The van der Waals surface area contributed by atoms with E-state index >= 15 is 0 Å². The highest BCUT2D eigenvalue weighted by molar-refractivity contribution is 5.30. The van der Waals surface area contributed by atoms with Gasteiger partial charge in [-0.25, -0.2) is 0 Å². The van der Waals surface area contributed by atoms with Gasteiger partial charge in [-0.05, 0) is 20.3 Å². The zero-order valence-electron chi connectivity index (χ0n) is 11.0. The first-order valence-electron chi connectivity index (χ1n) is 6.76. The van der Waals surface area contributed by atoms with E-state index in [-0.39, 0.29) is 6.10 Å². The molecule has 2 unspecified atom stereocenters. The lowest BCUT2D eigenvalue weighted by atomic mass is 10.0. The van der Waals surface area contributed by atoms with Gasteiger partial charge in [0.05, 0.1) is 6.10 Å². The molecule has 2 aliphatic rings. The van der Waals surface area contributed by atoms with Crippen LogP contribution in [0.4, 0.5) is 5.95 Å². The zero-order chi connectivity index (χ0) is 12.5. The molecule has 2 aliphatic heterocycles. The first-order chi connectivity index (χ1) is 8.74. The smallest absolute Gasteiger partial charge is 0.244 e. The van der Waals surface area contributed by atoms with Gasteiger partial charge in [-0.3, -0.25) is 5.10 Å². The summed E-state index contributed by atoms with van der Waals surface area (Å²) in [5.74, 6) is 2.17. The SMILES string of the molecule is CC1OCCC1c1nc(N2CCN[C@H](C)C2)n[nH]1. The van der Waals surface area contributed by atoms with Gasteiger partial charge in [0.1, 0.15) is 5.82 Å². The number of aromatic amines is 1. The molecule has 18 heavy (non-hydrogen) atoms. The van der Waals surface area contributed by atoms with Crippen LogP contribution in [0.5, 0.6) is 0 Å². The second-order valence-electron chi connectivity index (χ2n) is 5.29. The largest absolute Gasteiger partial charge is 0.378 e. The number of hydrogen-bond acceptors (Lipinski definition) is 5. The van der Waals surface area contributed by atoms with Crippen LogP contribution in [0.1, 0.15) is 32.0 Å². The molecule has 0 saturated carbocycles. The van der Waals surface area contributed by atoms with Crippen molar-refractivity contribution in [3.05, 3.63) is 5.82 Å². The molecule has 1 aromatic rings. The van der Waals surface area contributed by atoms with Gasteiger partial charge in [0, 0.05) is 38.2 Å². The first-order valence-corrected chi connectivity index (χ1v) is 6.76. The van der Waals surface area contributed by atoms with Crippen molar-refractivity contribution in [1.29, 1.82) is 0 Å². The Morgan fingerprint density at radius 3 is 3.00 bits per heavy atom. The Kier molecular flexibility index (Phi) is 3.22. The van der Waals surface area contributed by atoms with Crippen LogP contribution in [0.15, 0.2) is 0 Å². The third-order valence-corrected chi connectivity index (χ3v) is 3.87. The highest BCUT2D eigenvalue weighted by atomic mass is 16.5. The van der Waals surface area contributed by atoms with Crippen LogP contribution in [0.2, 0.25) is 0 Å². The maximum Gasteiger partial charge on any atom is 0.244 e. The third kappa shape index (κ3) is 2.22. The predicted octanol–water partition coefficient (Wildman–Crippen LogP) is 0.495.